The molecule has 5 aromatic rings. The van der Waals surface area contributed by atoms with Crippen molar-refractivity contribution in [3.05, 3.63) is 66.7 Å². The first kappa shape index (κ1) is 16.0. The normalized spacial score (nSPS) is 11.1. The van der Waals surface area contributed by atoms with Gasteiger partial charge in [0.05, 0.1) is 22.5 Å². The number of rotatable bonds is 3. The first-order chi connectivity index (χ1) is 13.3. The number of hydrogen-bond acceptors (Lipinski definition) is 7. The number of thiazole rings is 1. The molecule has 0 bridgehead atoms. The van der Waals surface area contributed by atoms with E-state index in [1.54, 1.807) is 24.9 Å². The minimum Gasteiger partial charge on any atom is -0.464 e. The topological polar surface area (TPSA) is 77.6 Å². The fraction of sp³-hybridized carbons (Fsp3) is 0. The molecule has 5 heterocycles. The molecule has 0 saturated heterocycles. The second-order valence-corrected chi connectivity index (χ2v) is 7.03. The first-order valence-corrected chi connectivity index (χ1v) is 9.21. The summed E-state index contributed by atoms with van der Waals surface area (Å²) >= 11 is 7.86. The Morgan fingerprint density at radius 2 is 1.89 bits per heavy atom. The molecule has 0 fully saturated rings. The fourth-order valence-corrected chi connectivity index (χ4v) is 4.01. The maximum absolute atomic E-state index is 6.43. The van der Waals surface area contributed by atoms with E-state index in [2.05, 4.69) is 19.9 Å². The zero-order valence-electron chi connectivity index (χ0n) is 13.7. The molecular weight excluding hydrogens is 382 g/mol. The first-order valence-electron chi connectivity index (χ1n) is 8.01. The Hall–Kier alpha value is -3.16. The molecule has 0 spiro atoms. The van der Waals surface area contributed by atoms with Crippen LogP contribution in [0.1, 0.15) is 0 Å². The van der Waals surface area contributed by atoms with Crippen molar-refractivity contribution in [1.82, 2.24) is 24.9 Å². The van der Waals surface area contributed by atoms with Crippen LogP contribution in [0.5, 0.6) is 0 Å². The number of nitrogens with zero attached hydrogens (tertiary/aromatic N) is 5. The van der Waals surface area contributed by atoms with Gasteiger partial charge in [-0.3, -0.25) is 4.98 Å². The Balaban J connectivity index is 1.69. The summed E-state index contributed by atoms with van der Waals surface area (Å²) in [6.45, 7) is 0. The summed E-state index contributed by atoms with van der Waals surface area (Å²) in [6, 6.07) is 9.47. The summed E-state index contributed by atoms with van der Waals surface area (Å²) in [6.07, 6.45) is 8.26. The third-order valence-corrected chi connectivity index (χ3v) is 5.50. The van der Waals surface area contributed by atoms with Crippen LogP contribution < -0.4 is 0 Å². The molecule has 8 heteroatoms. The number of pyridine rings is 2. The van der Waals surface area contributed by atoms with Gasteiger partial charge in [0.25, 0.3) is 0 Å². The second-order valence-electron chi connectivity index (χ2n) is 5.67. The predicted molar refractivity (Wildman–Crippen MR) is 104 cm³/mol. The molecule has 6 nitrogen and oxygen atoms in total. The Morgan fingerprint density at radius 3 is 2.70 bits per heavy atom. The van der Waals surface area contributed by atoms with Crippen molar-refractivity contribution >= 4 is 33.9 Å². The molecule has 0 unspecified atom stereocenters. The summed E-state index contributed by atoms with van der Waals surface area (Å²) < 4.78 is 5.63. The van der Waals surface area contributed by atoms with E-state index in [9.17, 15) is 0 Å². The third-order valence-electron chi connectivity index (χ3n) is 3.98. The van der Waals surface area contributed by atoms with Crippen molar-refractivity contribution in [2.24, 2.45) is 0 Å². The van der Waals surface area contributed by atoms with Crippen molar-refractivity contribution in [2.75, 3.05) is 0 Å². The Kier molecular flexibility index (Phi) is 3.88. The molecule has 0 aliphatic rings. The van der Waals surface area contributed by atoms with E-state index in [1.807, 2.05) is 30.3 Å². The van der Waals surface area contributed by atoms with Gasteiger partial charge in [0.1, 0.15) is 27.8 Å². The summed E-state index contributed by atoms with van der Waals surface area (Å²) in [5.74, 6) is 0. The summed E-state index contributed by atoms with van der Waals surface area (Å²) in [5.41, 5.74) is 3.71. The van der Waals surface area contributed by atoms with E-state index in [0.29, 0.717) is 10.8 Å². The van der Waals surface area contributed by atoms with Crippen molar-refractivity contribution in [3.8, 4) is 32.5 Å². The van der Waals surface area contributed by atoms with Crippen LogP contribution in [0, 0.1) is 0 Å². The van der Waals surface area contributed by atoms with Gasteiger partial charge in [-0.15, -0.1) is 11.3 Å². The molecular formula is C19H10ClN5OS. The van der Waals surface area contributed by atoms with Crippen LogP contribution in [0.25, 0.3) is 43.5 Å². The van der Waals surface area contributed by atoms with Gasteiger partial charge in [-0.2, -0.15) is 0 Å². The highest BCUT2D eigenvalue weighted by atomic mass is 35.5. The lowest BCUT2D eigenvalue weighted by Gasteiger charge is -2.05. The zero-order chi connectivity index (χ0) is 18.2. The molecule has 0 radical (unpaired) electrons. The van der Waals surface area contributed by atoms with Crippen LogP contribution in [0.2, 0.25) is 5.15 Å². The minimum absolute atomic E-state index is 0.379. The fourth-order valence-electron chi connectivity index (χ4n) is 2.77. The quantitative estimate of drug-likeness (QED) is 0.424. The average molecular weight is 392 g/mol. The molecule has 0 saturated carbocycles. The van der Waals surface area contributed by atoms with E-state index in [0.717, 1.165) is 37.8 Å². The van der Waals surface area contributed by atoms with E-state index in [4.69, 9.17) is 21.0 Å². The summed E-state index contributed by atoms with van der Waals surface area (Å²) in [5, 5.41) is 2.01. The van der Waals surface area contributed by atoms with Gasteiger partial charge in [-0.05, 0) is 18.2 Å². The molecule has 5 rings (SSSR count). The van der Waals surface area contributed by atoms with Gasteiger partial charge in [0.15, 0.2) is 0 Å². The zero-order valence-corrected chi connectivity index (χ0v) is 15.3. The van der Waals surface area contributed by atoms with E-state index < -0.39 is 0 Å². The molecule has 0 atom stereocenters. The van der Waals surface area contributed by atoms with Crippen molar-refractivity contribution in [2.45, 2.75) is 0 Å². The molecule has 0 aliphatic heterocycles. The largest absolute Gasteiger partial charge is 0.464 e. The lowest BCUT2D eigenvalue weighted by atomic mass is 10.1. The number of furan rings is 1. The SMILES string of the molecule is Clc1nc(-c2cncnc2)sc1-c1cc2occc2c(-c2ccccn2)n1. The van der Waals surface area contributed by atoms with Crippen LogP contribution in [0.3, 0.4) is 0 Å². The van der Waals surface area contributed by atoms with Crippen LogP contribution in [0.4, 0.5) is 0 Å². The maximum atomic E-state index is 6.43. The molecule has 5 aromatic heterocycles. The molecule has 0 amide bonds. The Morgan fingerprint density at radius 1 is 1.00 bits per heavy atom. The summed E-state index contributed by atoms with van der Waals surface area (Å²) in [7, 11) is 0. The number of aromatic nitrogens is 5. The Labute approximate surface area is 162 Å². The van der Waals surface area contributed by atoms with Gasteiger partial charge in [0, 0.05) is 35.6 Å². The van der Waals surface area contributed by atoms with Crippen LogP contribution in [-0.4, -0.2) is 24.9 Å². The van der Waals surface area contributed by atoms with Gasteiger partial charge >= 0.3 is 0 Å². The molecule has 130 valence electrons. The molecule has 0 N–H and O–H groups in total. The van der Waals surface area contributed by atoms with Crippen molar-refractivity contribution < 1.29 is 4.42 Å². The Bertz CT molecular complexity index is 1240. The third kappa shape index (κ3) is 2.87. The maximum Gasteiger partial charge on any atom is 0.150 e. The van der Waals surface area contributed by atoms with Crippen LogP contribution in [-0.2, 0) is 0 Å². The lowest BCUT2D eigenvalue weighted by molar-refractivity contribution is 0.616. The van der Waals surface area contributed by atoms with Gasteiger partial charge in [0.2, 0.25) is 0 Å². The van der Waals surface area contributed by atoms with Gasteiger partial charge in [-0.25, -0.2) is 19.9 Å². The van der Waals surface area contributed by atoms with Crippen molar-refractivity contribution in [3.63, 3.8) is 0 Å². The standard InChI is InChI=1S/C19H10ClN5OS/c20-18-17(27-19(25-18)11-8-21-10-22-9-11)14-7-15-12(4-6-26-15)16(24-14)13-3-1-2-5-23-13/h1-10H. The average Bonchev–Trinajstić information content (AvgIpc) is 3.35. The predicted octanol–water partition coefficient (Wildman–Crippen LogP) is 5.12. The van der Waals surface area contributed by atoms with Crippen molar-refractivity contribution in [1.29, 1.82) is 0 Å². The summed E-state index contributed by atoms with van der Waals surface area (Å²) in [4.78, 5) is 22.5. The lowest BCUT2D eigenvalue weighted by Crippen LogP contribution is -1.90. The van der Waals surface area contributed by atoms with Gasteiger partial charge < -0.3 is 4.42 Å². The second kappa shape index (κ2) is 6.53. The monoisotopic (exact) mass is 391 g/mol. The molecule has 27 heavy (non-hydrogen) atoms. The minimum atomic E-state index is 0.379. The molecule has 0 aliphatic carbocycles. The smallest absolute Gasteiger partial charge is 0.150 e. The molecule has 0 aromatic carbocycles. The highest BCUT2D eigenvalue weighted by molar-refractivity contribution is 7.19. The number of hydrogen-bond donors (Lipinski definition) is 0. The van der Waals surface area contributed by atoms with E-state index in [1.165, 1.54) is 17.7 Å². The number of halogens is 1. The van der Waals surface area contributed by atoms with Gasteiger partial charge in [-0.1, -0.05) is 17.7 Å². The highest BCUT2D eigenvalue weighted by Crippen LogP contribution is 2.39. The van der Waals surface area contributed by atoms with Crippen LogP contribution in [0.15, 0.2) is 65.9 Å². The van der Waals surface area contributed by atoms with Crippen LogP contribution >= 0.6 is 22.9 Å². The van der Waals surface area contributed by atoms with E-state index in [-0.39, 0.29) is 0 Å². The number of fused-ring (bicyclic) bond motifs is 1. The highest BCUT2D eigenvalue weighted by Gasteiger charge is 2.18. The van der Waals surface area contributed by atoms with E-state index >= 15 is 0 Å².